The van der Waals surface area contributed by atoms with Crippen LogP contribution in [0.2, 0.25) is 5.02 Å². The Morgan fingerprint density at radius 3 is 2.94 bits per heavy atom. The molecule has 1 aromatic carbocycles. The van der Waals surface area contributed by atoms with Gasteiger partial charge in [0.1, 0.15) is 0 Å². The molecule has 0 amide bonds. The third kappa shape index (κ3) is 4.07. The topological polar surface area (TPSA) is 102 Å². The second kappa shape index (κ2) is 5.80. The van der Waals surface area contributed by atoms with Crippen LogP contribution in [0.4, 0.5) is 5.69 Å². The molecule has 0 fully saturated rings. The molecule has 1 aromatic rings. The lowest BCUT2D eigenvalue weighted by Crippen LogP contribution is -2.03. The Kier molecular flexibility index (Phi) is 4.41. The van der Waals surface area contributed by atoms with Crippen LogP contribution in [0.5, 0.6) is 0 Å². The van der Waals surface area contributed by atoms with Crippen molar-refractivity contribution >= 4 is 29.5 Å². The van der Waals surface area contributed by atoms with E-state index in [-0.39, 0.29) is 16.3 Å². The van der Waals surface area contributed by atoms with E-state index >= 15 is 0 Å². The van der Waals surface area contributed by atoms with Gasteiger partial charge in [-0.25, -0.2) is 4.79 Å². The summed E-state index contributed by atoms with van der Waals surface area (Å²) in [6.45, 7) is -0.594. The number of halogens is 1. The summed E-state index contributed by atoms with van der Waals surface area (Å²) in [6, 6.07) is 3.80. The number of nitro benzene ring substituents is 1. The Morgan fingerprint density at radius 2 is 2.35 bits per heavy atom. The Labute approximate surface area is 100 Å². The number of non-ortho nitro benzene ring substituents is 1. The van der Waals surface area contributed by atoms with Gasteiger partial charge >= 0.3 is 5.97 Å². The molecule has 1 rings (SSSR count). The number of nitro groups is 1. The van der Waals surface area contributed by atoms with Crippen LogP contribution in [0.25, 0.3) is 0 Å². The van der Waals surface area contributed by atoms with Gasteiger partial charge in [-0.05, 0) is 6.07 Å². The number of aliphatic carboxylic acids is 1. The molecule has 1 N–H and O–H groups in total. The molecule has 8 heteroatoms. The molecule has 0 aliphatic rings. The molecule has 0 radical (unpaired) electrons. The highest BCUT2D eigenvalue weighted by atomic mass is 35.5. The Morgan fingerprint density at radius 1 is 1.65 bits per heavy atom. The van der Waals surface area contributed by atoms with Gasteiger partial charge in [-0.1, -0.05) is 16.8 Å². The van der Waals surface area contributed by atoms with Crippen molar-refractivity contribution in [1.82, 2.24) is 0 Å². The molecular formula is C9H7ClN2O5. The molecule has 0 atom stereocenters. The zero-order valence-corrected chi connectivity index (χ0v) is 9.13. The number of carboxylic acid groups (broad SMARTS) is 1. The molecule has 0 bridgehead atoms. The SMILES string of the molecule is O=C(O)CON=Cc1cc([N+](=O)[O-])ccc1Cl. The van der Waals surface area contributed by atoms with Crippen molar-refractivity contribution in [1.29, 1.82) is 0 Å². The van der Waals surface area contributed by atoms with E-state index in [9.17, 15) is 14.9 Å². The van der Waals surface area contributed by atoms with Crippen LogP contribution in [-0.2, 0) is 9.63 Å². The third-order valence-corrected chi connectivity index (χ3v) is 1.99. The second-order valence-electron chi connectivity index (χ2n) is 2.86. The van der Waals surface area contributed by atoms with E-state index in [4.69, 9.17) is 16.7 Å². The molecule has 0 aliphatic heterocycles. The molecule has 0 unspecified atom stereocenters. The van der Waals surface area contributed by atoms with Crippen molar-refractivity contribution in [2.24, 2.45) is 5.16 Å². The Balaban J connectivity index is 2.79. The number of rotatable bonds is 5. The van der Waals surface area contributed by atoms with E-state index in [2.05, 4.69) is 9.99 Å². The maximum Gasteiger partial charge on any atom is 0.344 e. The van der Waals surface area contributed by atoms with Crippen LogP contribution in [0.3, 0.4) is 0 Å². The number of hydrogen-bond acceptors (Lipinski definition) is 5. The number of oxime groups is 1. The molecule has 0 aromatic heterocycles. The molecule has 0 heterocycles. The zero-order valence-electron chi connectivity index (χ0n) is 8.37. The zero-order chi connectivity index (χ0) is 12.8. The van der Waals surface area contributed by atoms with Crippen LogP contribution in [0.15, 0.2) is 23.4 Å². The summed E-state index contributed by atoms with van der Waals surface area (Å²) in [5.41, 5.74) is 0.125. The molecule has 0 aliphatic carbocycles. The highest BCUT2D eigenvalue weighted by Gasteiger charge is 2.08. The minimum Gasteiger partial charge on any atom is -0.479 e. The first-order valence-electron chi connectivity index (χ1n) is 4.32. The summed E-state index contributed by atoms with van der Waals surface area (Å²) in [5.74, 6) is -1.17. The molecule has 17 heavy (non-hydrogen) atoms. The van der Waals surface area contributed by atoms with Crippen LogP contribution in [0, 0.1) is 10.1 Å². The summed E-state index contributed by atoms with van der Waals surface area (Å²) in [4.78, 5) is 24.4. The van der Waals surface area contributed by atoms with Gasteiger partial charge in [0, 0.05) is 22.7 Å². The van der Waals surface area contributed by atoms with Crippen molar-refractivity contribution in [3.63, 3.8) is 0 Å². The van der Waals surface area contributed by atoms with Crippen LogP contribution in [-0.4, -0.2) is 28.8 Å². The van der Waals surface area contributed by atoms with Gasteiger partial charge in [0.05, 0.1) is 11.1 Å². The number of benzene rings is 1. The largest absolute Gasteiger partial charge is 0.479 e. The fourth-order valence-electron chi connectivity index (χ4n) is 0.930. The van der Waals surface area contributed by atoms with Crippen LogP contribution < -0.4 is 0 Å². The van der Waals surface area contributed by atoms with Crippen molar-refractivity contribution in [2.45, 2.75) is 0 Å². The summed E-state index contributed by atoms with van der Waals surface area (Å²) >= 11 is 5.76. The Bertz CT molecular complexity index is 474. The van der Waals surface area contributed by atoms with Gasteiger partial charge in [0.25, 0.3) is 5.69 Å². The normalized spacial score (nSPS) is 10.4. The smallest absolute Gasteiger partial charge is 0.344 e. The minimum atomic E-state index is -1.17. The molecule has 0 saturated heterocycles. The van der Waals surface area contributed by atoms with Crippen molar-refractivity contribution < 1.29 is 19.7 Å². The van der Waals surface area contributed by atoms with Crippen molar-refractivity contribution in [2.75, 3.05) is 6.61 Å². The maximum atomic E-state index is 10.5. The number of nitrogens with zero attached hydrogens (tertiary/aromatic N) is 2. The molecular weight excluding hydrogens is 252 g/mol. The van der Waals surface area contributed by atoms with E-state index in [1.54, 1.807) is 0 Å². The predicted octanol–water partition coefficient (Wildman–Crippen LogP) is 1.68. The van der Waals surface area contributed by atoms with Gasteiger partial charge < -0.3 is 9.94 Å². The Hall–Kier alpha value is -2.15. The lowest BCUT2D eigenvalue weighted by molar-refractivity contribution is -0.384. The van der Waals surface area contributed by atoms with Gasteiger partial charge in [0.2, 0.25) is 6.61 Å². The number of carboxylic acids is 1. The van der Waals surface area contributed by atoms with Gasteiger partial charge in [0.15, 0.2) is 0 Å². The average molecular weight is 259 g/mol. The van der Waals surface area contributed by atoms with Crippen molar-refractivity contribution in [3.05, 3.63) is 38.9 Å². The number of hydrogen-bond donors (Lipinski definition) is 1. The first-order valence-corrected chi connectivity index (χ1v) is 4.69. The summed E-state index contributed by atoms with van der Waals surface area (Å²) in [6.07, 6.45) is 1.11. The quantitative estimate of drug-likeness (QED) is 0.492. The first kappa shape index (κ1) is 12.9. The maximum absolute atomic E-state index is 10.5. The lowest BCUT2D eigenvalue weighted by atomic mass is 10.2. The predicted molar refractivity (Wildman–Crippen MR) is 59.3 cm³/mol. The highest BCUT2D eigenvalue weighted by Crippen LogP contribution is 2.20. The van der Waals surface area contributed by atoms with Crippen molar-refractivity contribution in [3.8, 4) is 0 Å². The fraction of sp³-hybridized carbons (Fsp3) is 0.111. The molecule has 0 saturated carbocycles. The average Bonchev–Trinajstić information content (AvgIpc) is 2.25. The van der Waals surface area contributed by atoms with E-state index in [0.29, 0.717) is 0 Å². The molecule has 0 spiro atoms. The third-order valence-electron chi connectivity index (χ3n) is 1.64. The van der Waals surface area contributed by atoms with Crippen LogP contribution in [0.1, 0.15) is 5.56 Å². The summed E-state index contributed by atoms with van der Waals surface area (Å²) < 4.78 is 0. The van der Waals surface area contributed by atoms with E-state index < -0.39 is 17.5 Å². The van der Waals surface area contributed by atoms with E-state index in [1.165, 1.54) is 18.2 Å². The molecule has 90 valence electrons. The standard InChI is InChI=1S/C9H7ClN2O5/c10-8-2-1-7(12(15)16)3-6(8)4-11-17-5-9(13)14/h1-4H,5H2,(H,13,14). The monoisotopic (exact) mass is 258 g/mol. The second-order valence-corrected chi connectivity index (χ2v) is 3.27. The minimum absolute atomic E-state index is 0.144. The lowest BCUT2D eigenvalue weighted by Gasteiger charge is -1.98. The summed E-state index contributed by atoms with van der Waals surface area (Å²) in [5, 5.41) is 22.3. The summed E-state index contributed by atoms with van der Waals surface area (Å²) in [7, 11) is 0. The van der Waals surface area contributed by atoms with E-state index in [0.717, 1.165) is 6.21 Å². The fourth-order valence-corrected chi connectivity index (χ4v) is 1.10. The van der Waals surface area contributed by atoms with Crippen LogP contribution >= 0.6 is 11.6 Å². The first-order chi connectivity index (χ1) is 8.00. The number of carbonyl (C=O) groups is 1. The van der Waals surface area contributed by atoms with Gasteiger partial charge in [-0.3, -0.25) is 10.1 Å². The highest BCUT2D eigenvalue weighted by molar-refractivity contribution is 6.33. The van der Waals surface area contributed by atoms with E-state index in [1.807, 2.05) is 0 Å². The molecule has 7 nitrogen and oxygen atoms in total. The van der Waals surface area contributed by atoms with Gasteiger partial charge in [-0.2, -0.15) is 0 Å². The van der Waals surface area contributed by atoms with Gasteiger partial charge in [-0.15, -0.1) is 0 Å².